The van der Waals surface area contributed by atoms with Gasteiger partial charge < -0.3 is 5.11 Å². The van der Waals surface area contributed by atoms with Gasteiger partial charge in [-0.05, 0) is 0 Å². The van der Waals surface area contributed by atoms with E-state index < -0.39 is 17.9 Å². The number of aromatic hydroxyl groups is 1. The maximum Gasteiger partial charge on any atom is 0.284 e. The van der Waals surface area contributed by atoms with Gasteiger partial charge in [-0.3, -0.25) is 0 Å². The number of halogens is 3. The van der Waals surface area contributed by atoms with Crippen LogP contribution in [0, 0.1) is 11.3 Å². The van der Waals surface area contributed by atoms with Crippen molar-refractivity contribution in [1.82, 2.24) is 4.98 Å². The number of nitriles is 1. The maximum atomic E-state index is 12.1. The minimum atomic E-state index is -2.93. The molecule has 1 aromatic rings. The summed E-state index contributed by atoms with van der Waals surface area (Å²) in [6, 6.07) is 2.40. The van der Waals surface area contributed by atoms with E-state index in [1.807, 2.05) is 0 Å². The Kier molecular flexibility index (Phi) is 2.63. The molecule has 0 atom stereocenters. The molecule has 0 radical (unpaired) electrons. The number of alkyl halides is 2. The molecule has 6 heteroatoms. The maximum absolute atomic E-state index is 12.1. The first-order chi connectivity index (χ1) is 6.06. The summed E-state index contributed by atoms with van der Waals surface area (Å²) in [5.41, 5.74) is -1.16. The monoisotopic (exact) mass is 204 g/mol. The van der Waals surface area contributed by atoms with Crippen LogP contribution >= 0.6 is 11.6 Å². The third kappa shape index (κ3) is 1.84. The normalized spacial score (nSPS) is 10.1. The number of hydrogen-bond acceptors (Lipinski definition) is 3. The van der Waals surface area contributed by atoms with Crippen LogP contribution in [0.4, 0.5) is 8.78 Å². The average molecular weight is 205 g/mol. The average Bonchev–Trinajstić information content (AvgIpc) is 2.03. The fourth-order valence-corrected chi connectivity index (χ4v) is 0.920. The molecule has 0 aliphatic carbocycles. The number of rotatable bonds is 1. The van der Waals surface area contributed by atoms with Gasteiger partial charge in [0.1, 0.15) is 17.5 Å². The smallest absolute Gasteiger partial charge is 0.284 e. The molecule has 0 fully saturated rings. The van der Waals surface area contributed by atoms with Crippen molar-refractivity contribution in [2.24, 2.45) is 0 Å². The second kappa shape index (κ2) is 3.54. The molecule has 0 saturated heterocycles. The molecule has 1 aromatic heterocycles. The van der Waals surface area contributed by atoms with Crippen molar-refractivity contribution in [3.8, 4) is 11.8 Å². The van der Waals surface area contributed by atoms with E-state index in [0.29, 0.717) is 0 Å². The summed E-state index contributed by atoms with van der Waals surface area (Å²) < 4.78 is 24.2. The van der Waals surface area contributed by atoms with E-state index in [9.17, 15) is 8.78 Å². The minimum absolute atomic E-state index is 0.149. The van der Waals surface area contributed by atoms with Gasteiger partial charge in [0, 0.05) is 6.07 Å². The van der Waals surface area contributed by atoms with Crippen LogP contribution in [0.3, 0.4) is 0 Å². The van der Waals surface area contributed by atoms with Crippen molar-refractivity contribution in [2.75, 3.05) is 0 Å². The molecule has 0 amide bonds. The second-order valence-corrected chi connectivity index (χ2v) is 2.54. The van der Waals surface area contributed by atoms with E-state index in [4.69, 9.17) is 22.0 Å². The molecular weight excluding hydrogens is 202 g/mol. The number of pyridine rings is 1. The summed E-state index contributed by atoms with van der Waals surface area (Å²) in [7, 11) is 0. The standard InChI is InChI=1S/C7H3ClF2N2O/c8-3-1-5(13)6(7(9)10)12-4(3)2-11/h1,7,13H. The van der Waals surface area contributed by atoms with Gasteiger partial charge in [0.2, 0.25) is 0 Å². The second-order valence-electron chi connectivity index (χ2n) is 2.14. The highest BCUT2D eigenvalue weighted by Gasteiger charge is 2.17. The van der Waals surface area contributed by atoms with Gasteiger partial charge in [-0.25, -0.2) is 13.8 Å². The zero-order valence-electron chi connectivity index (χ0n) is 6.13. The predicted octanol–water partition coefficient (Wildman–Crippen LogP) is 2.25. The first kappa shape index (κ1) is 9.68. The third-order valence-corrected chi connectivity index (χ3v) is 1.59. The highest BCUT2D eigenvalue weighted by Crippen LogP contribution is 2.29. The van der Waals surface area contributed by atoms with Crippen LogP contribution in [0.15, 0.2) is 6.07 Å². The molecule has 1 N–H and O–H groups in total. The highest BCUT2D eigenvalue weighted by molar-refractivity contribution is 6.31. The van der Waals surface area contributed by atoms with E-state index >= 15 is 0 Å². The van der Waals surface area contributed by atoms with Gasteiger partial charge in [-0.2, -0.15) is 5.26 Å². The zero-order chi connectivity index (χ0) is 10.0. The van der Waals surface area contributed by atoms with Crippen LogP contribution in [0.1, 0.15) is 17.8 Å². The van der Waals surface area contributed by atoms with Gasteiger partial charge in [0.05, 0.1) is 5.02 Å². The molecule has 68 valence electrons. The summed E-state index contributed by atoms with van der Waals surface area (Å²) in [4.78, 5) is 3.20. The lowest BCUT2D eigenvalue weighted by Crippen LogP contribution is -1.94. The Morgan fingerprint density at radius 2 is 2.23 bits per heavy atom. The number of hydrogen-bond donors (Lipinski definition) is 1. The summed E-state index contributed by atoms with van der Waals surface area (Å²) in [6.45, 7) is 0. The first-order valence-electron chi connectivity index (χ1n) is 3.14. The molecule has 13 heavy (non-hydrogen) atoms. The topological polar surface area (TPSA) is 56.9 Å². The lowest BCUT2D eigenvalue weighted by atomic mass is 10.3. The molecule has 0 saturated carbocycles. The van der Waals surface area contributed by atoms with Crippen molar-refractivity contribution in [3.63, 3.8) is 0 Å². The first-order valence-corrected chi connectivity index (χ1v) is 3.51. The lowest BCUT2D eigenvalue weighted by molar-refractivity contribution is 0.142. The molecule has 1 heterocycles. The number of aromatic nitrogens is 1. The summed E-state index contributed by atoms with van der Waals surface area (Å²) in [6.07, 6.45) is -2.93. The van der Waals surface area contributed by atoms with Gasteiger partial charge in [-0.1, -0.05) is 11.6 Å². The van der Waals surface area contributed by atoms with Gasteiger partial charge in [0.15, 0.2) is 5.69 Å². The summed E-state index contributed by atoms with van der Waals surface area (Å²) in [5, 5.41) is 17.2. The molecule has 0 aliphatic heterocycles. The molecular formula is C7H3ClF2N2O. The molecule has 1 rings (SSSR count). The zero-order valence-corrected chi connectivity index (χ0v) is 6.89. The molecule has 0 bridgehead atoms. The van der Waals surface area contributed by atoms with Crippen LogP contribution in [0.5, 0.6) is 5.75 Å². The fraction of sp³-hybridized carbons (Fsp3) is 0.143. The highest BCUT2D eigenvalue weighted by atomic mass is 35.5. The van der Waals surface area contributed by atoms with Crippen molar-refractivity contribution in [2.45, 2.75) is 6.43 Å². The van der Waals surface area contributed by atoms with E-state index in [1.54, 1.807) is 0 Å². The molecule has 0 aliphatic rings. The Hall–Kier alpha value is -1.41. The van der Waals surface area contributed by atoms with Crippen LogP contribution in [-0.4, -0.2) is 10.1 Å². The largest absolute Gasteiger partial charge is 0.506 e. The molecule has 0 aromatic carbocycles. The van der Waals surface area contributed by atoms with Crippen molar-refractivity contribution in [1.29, 1.82) is 5.26 Å². The van der Waals surface area contributed by atoms with Crippen LogP contribution < -0.4 is 0 Å². The lowest BCUT2D eigenvalue weighted by Gasteiger charge is -2.03. The summed E-state index contributed by atoms with van der Waals surface area (Å²) >= 11 is 5.42. The van der Waals surface area contributed by atoms with E-state index in [1.165, 1.54) is 6.07 Å². The van der Waals surface area contributed by atoms with Crippen molar-refractivity contribution >= 4 is 11.6 Å². The van der Waals surface area contributed by atoms with E-state index in [2.05, 4.69) is 4.98 Å². The van der Waals surface area contributed by atoms with Crippen molar-refractivity contribution in [3.05, 3.63) is 22.5 Å². The van der Waals surface area contributed by atoms with Crippen molar-refractivity contribution < 1.29 is 13.9 Å². The fourth-order valence-electron chi connectivity index (χ4n) is 0.732. The Morgan fingerprint density at radius 1 is 1.62 bits per heavy atom. The SMILES string of the molecule is N#Cc1nc(C(F)F)c(O)cc1Cl. The van der Waals surface area contributed by atoms with E-state index in [0.717, 1.165) is 6.07 Å². The predicted molar refractivity (Wildman–Crippen MR) is 40.6 cm³/mol. The minimum Gasteiger partial charge on any atom is -0.506 e. The van der Waals surface area contributed by atoms with Gasteiger partial charge in [0.25, 0.3) is 6.43 Å². The molecule has 0 spiro atoms. The molecule has 0 unspecified atom stereocenters. The molecule has 3 nitrogen and oxygen atoms in total. The Labute approximate surface area is 77.2 Å². The van der Waals surface area contributed by atoms with Crippen LogP contribution in [-0.2, 0) is 0 Å². The third-order valence-electron chi connectivity index (χ3n) is 1.30. The van der Waals surface area contributed by atoms with Crippen LogP contribution in [0.25, 0.3) is 0 Å². The van der Waals surface area contributed by atoms with Crippen LogP contribution in [0.2, 0.25) is 5.02 Å². The summed E-state index contributed by atoms with van der Waals surface area (Å²) in [5.74, 6) is -0.709. The Bertz CT molecular complexity index is 375. The van der Waals surface area contributed by atoms with E-state index in [-0.39, 0.29) is 10.7 Å². The quantitative estimate of drug-likeness (QED) is 0.763. The van der Waals surface area contributed by atoms with Gasteiger partial charge >= 0.3 is 0 Å². The Morgan fingerprint density at radius 3 is 2.69 bits per heavy atom. The number of nitrogens with zero attached hydrogens (tertiary/aromatic N) is 2. The van der Waals surface area contributed by atoms with Gasteiger partial charge in [-0.15, -0.1) is 0 Å². The Balaban J connectivity index is 3.33.